The lowest BCUT2D eigenvalue weighted by atomic mass is 10.1. The van der Waals surface area contributed by atoms with E-state index in [9.17, 15) is 18.0 Å². The van der Waals surface area contributed by atoms with Gasteiger partial charge in [0.2, 0.25) is 0 Å². The molecule has 2 N–H and O–H groups in total. The van der Waals surface area contributed by atoms with E-state index in [0.717, 1.165) is 31.4 Å². The van der Waals surface area contributed by atoms with Gasteiger partial charge < -0.3 is 10.6 Å². The van der Waals surface area contributed by atoms with Crippen LogP contribution in [-0.4, -0.2) is 30.9 Å². The molecular weight excluding hydrogens is 269 g/mol. The van der Waals surface area contributed by atoms with E-state index in [0.29, 0.717) is 13.1 Å². The van der Waals surface area contributed by atoms with Crippen molar-refractivity contribution < 1.29 is 18.0 Å². The Morgan fingerprint density at radius 3 is 2.55 bits per heavy atom. The fourth-order valence-electron chi connectivity index (χ4n) is 1.82. The number of carbonyl (C=O) groups is 1. The van der Waals surface area contributed by atoms with Gasteiger partial charge in [-0.15, -0.1) is 0 Å². The zero-order valence-electron chi connectivity index (χ0n) is 11.4. The van der Waals surface area contributed by atoms with Crippen LogP contribution in [0.5, 0.6) is 0 Å². The van der Waals surface area contributed by atoms with Gasteiger partial charge in [0, 0.05) is 19.2 Å². The highest BCUT2D eigenvalue weighted by molar-refractivity contribution is 5.94. The third-order valence-corrected chi connectivity index (χ3v) is 2.98. The molecule has 0 aliphatic heterocycles. The molecule has 1 amide bonds. The molecule has 0 fully saturated rings. The number of unbranched alkanes of at least 4 members (excludes halogenated alkanes) is 2. The van der Waals surface area contributed by atoms with Crippen molar-refractivity contribution in [2.75, 3.05) is 20.1 Å². The molecule has 0 heterocycles. The average Bonchev–Trinajstić information content (AvgIpc) is 2.42. The Morgan fingerprint density at radius 1 is 1.25 bits per heavy atom. The minimum absolute atomic E-state index is 0.0566. The number of rotatable bonds is 6. The number of carbonyl (C=O) groups excluding carboxylic acids is 1. The Labute approximate surface area is 116 Å². The van der Waals surface area contributed by atoms with E-state index in [-0.39, 0.29) is 5.56 Å². The average molecular weight is 288 g/mol. The molecule has 1 aromatic carbocycles. The van der Waals surface area contributed by atoms with Gasteiger partial charge in [0.15, 0.2) is 0 Å². The molecule has 0 radical (unpaired) electrons. The van der Waals surface area contributed by atoms with Gasteiger partial charge >= 0.3 is 6.18 Å². The van der Waals surface area contributed by atoms with Crippen LogP contribution >= 0.6 is 0 Å². The zero-order valence-corrected chi connectivity index (χ0v) is 11.4. The Balaban J connectivity index is 2.67. The molecule has 0 saturated heterocycles. The smallest absolute Gasteiger partial charge is 0.342 e. The second-order valence-corrected chi connectivity index (χ2v) is 4.65. The van der Waals surface area contributed by atoms with Crippen LogP contribution in [0.3, 0.4) is 0 Å². The highest BCUT2D eigenvalue weighted by Gasteiger charge is 2.31. The number of hydrogen-bond donors (Lipinski definition) is 1. The predicted molar refractivity (Wildman–Crippen MR) is 71.3 cm³/mol. The van der Waals surface area contributed by atoms with Crippen molar-refractivity contribution in [3.05, 3.63) is 35.4 Å². The van der Waals surface area contributed by atoms with Crippen molar-refractivity contribution >= 4 is 5.91 Å². The maximum absolute atomic E-state index is 12.6. The van der Waals surface area contributed by atoms with Crippen LogP contribution in [0, 0.1) is 0 Å². The van der Waals surface area contributed by atoms with Crippen LogP contribution in [0.15, 0.2) is 24.3 Å². The topological polar surface area (TPSA) is 46.3 Å². The Hall–Kier alpha value is -1.56. The van der Waals surface area contributed by atoms with Crippen molar-refractivity contribution in [1.82, 2.24) is 4.90 Å². The van der Waals surface area contributed by atoms with E-state index in [1.165, 1.54) is 17.0 Å². The molecule has 112 valence electrons. The van der Waals surface area contributed by atoms with Crippen LogP contribution in [0.25, 0.3) is 0 Å². The minimum Gasteiger partial charge on any atom is -0.342 e. The molecule has 0 aliphatic carbocycles. The van der Waals surface area contributed by atoms with Gasteiger partial charge in [0.1, 0.15) is 0 Å². The molecule has 6 heteroatoms. The summed E-state index contributed by atoms with van der Waals surface area (Å²) in [6, 6.07) is 4.49. The standard InChI is InChI=1S/C14H19F3N2O/c1-19(9-4-2-3-8-18)13(20)11-6-5-7-12(10-11)14(15,16)17/h5-7,10H,2-4,8-9,18H2,1H3. The van der Waals surface area contributed by atoms with Gasteiger partial charge in [-0.2, -0.15) is 13.2 Å². The minimum atomic E-state index is -4.43. The summed E-state index contributed by atoms with van der Waals surface area (Å²) < 4.78 is 37.7. The molecule has 1 rings (SSSR count). The van der Waals surface area contributed by atoms with Crippen molar-refractivity contribution in [3.63, 3.8) is 0 Å². The Kier molecular flexibility index (Phi) is 6.01. The van der Waals surface area contributed by atoms with Gasteiger partial charge in [-0.3, -0.25) is 4.79 Å². The summed E-state index contributed by atoms with van der Waals surface area (Å²) in [6.07, 6.45) is -1.86. The van der Waals surface area contributed by atoms with Gasteiger partial charge in [0.05, 0.1) is 5.56 Å². The summed E-state index contributed by atoms with van der Waals surface area (Å²) in [6.45, 7) is 1.11. The lowest BCUT2D eigenvalue weighted by Crippen LogP contribution is -2.28. The maximum atomic E-state index is 12.6. The second-order valence-electron chi connectivity index (χ2n) is 4.65. The fourth-order valence-corrected chi connectivity index (χ4v) is 1.82. The van der Waals surface area contributed by atoms with E-state index in [2.05, 4.69) is 0 Å². The fraction of sp³-hybridized carbons (Fsp3) is 0.500. The molecule has 0 bridgehead atoms. The molecule has 3 nitrogen and oxygen atoms in total. The summed E-state index contributed by atoms with van der Waals surface area (Å²) >= 11 is 0. The van der Waals surface area contributed by atoms with Gasteiger partial charge in [0.25, 0.3) is 5.91 Å². The van der Waals surface area contributed by atoms with Crippen LogP contribution in [-0.2, 0) is 6.18 Å². The first kappa shape index (κ1) is 16.5. The second kappa shape index (κ2) is 7.28. The van der Waals surface area contributed by atoms with E-state index in [4.69, 9.17) is 5.73 Å². The van der Waals surface area contributed by atoms with E-state index in [1.807, 2.05) is 0 Å². The molecule has 20 heavy (non-hydrogen) atoms. The summed E-state index contributed by atoms with van der Waals surface area (Å²) in [4.78, 5) is 13.5. The first-order valence-electron chi connectivity index (χ1n) is 6.49. The number of hydrogen-bond acceptors (Lipinski definition) is 2. The summed E-state index contributed by atoms with van der Waals surface area (Å²) in [5.74, 6) is -0.399. The lowest BCUT2D eigenvalue weighted by molar-refractivity contribution is -0.137. The maximum Gasteiger partial charge on any atom is 0.416 e. The van der Waals surface area contributed by atoms with Gasteiger partial charge in [-0.25, -0.2) is 0 Å². The first-order chi connectivity index (χ1) is 9.36. The van der Waals surface area contributed by atoms with Crippen LogP contribution in [0.2, 0.25) is 0 Å². The highest BCUT2D eigenvalue weighted by atomic mass is 19.4. The summed E-state index contributed by atoms with van der Waals surface area (Å²) in [7, 11) is 1.59. The molecular formula is C14H19F3N2O. The van der Waals surface area contributed by atoms with E-state index < -0.39 is 17.6 Å². The molecule has 0 spiro atoms. The SMILES string of the molecule is CN(CCCCCN)C(=O)c1cccc(C(F)(F)F)c1. The predicted octanol–water partition coefficient (Wildman–Crippen LogP) is 2.91. The third kappa shape index (κ3) is 4.85. The van der Waals surface area contributed by atoms with E-state index >= 15 is 0 Å². The number of benzene rings is 1. The van der Waals surface area contributed by atoms with Gasteiger partial charge in [-0.1, -0.05) is 12.5 Å². The largest absolute Gasteiger partial charge is 0.416 e. The van der Waals surface area contributed by atoms with Gasteiger partial charge in [-0.05, 0) is 37.6 Å². The monoisotopic (exact) mass is 288 g/mol. The van der Waals surface area contributed by atoms with Crippen molar-refractivity contribution in [3.8, 4) is 0 Å². The number of nitrogens with zero attached hydrogens (tertiary/aromatic N) is 1. The zero-order chi connectivity index (χ0) is 15.2. The third-order valence-electron chi connectivity index (χ3n) is 2.98. The summed E-state index contributed by atoms with van der Waals surface area (Å²) in [5.41, 5.74) is 4.62. The Bertz CT molecular complexity index is 446. The normalized spacial score (nSPS) is 11.4. The van der Waals surface area contributed by atoms with Crippen molar-refractivity contribution in [2.45, 2.75) is 25.4 Å². The lowest BCUT2D eigenvalue weighted by Gasteiger charge is -2.18. The molecule has 0 aromatic heterocycles. The number of halogens is 3. The van der Waals surface area contributed by atoms with Crippen molar-refractivity contribution in [1.29, 1.82) is 0 Å². The first-order valence-corrected chi connectivity index (χ1v) is 6.49. The van der Waals surface area contributed by atoms with Crippen LogP contribution in [0.1, 0.15) is 35.2 Å². The molecule has 0 atom stereocenters. The Morgan fingerprint density at radius 2 is 1.95 bits per heavy atom. The highest BCUT2D eigenvalue weighted by Crippen LogP contribution is 2.29. The quantitative estimate of drug-likeness (QED) is 0.818. The molecule has 1 aromatic rings. The van der Waals surface area contributed by atoms with Crippen molar-refractivity contribution in [2.24, 2.45) is 5.73 Å². The molecule has 0 unspecified atom stereocenters. The van der Waals surface area contributed by atoms with Crippen LogP contribution in [0.4, 0.5) is 13.2 Å². The van der Waals surface area contributed by atoms with E-state index in [1.54, 1.807) is 7.05 Å². The number of alkyl halides is 3. The number of nitrogens with two attached hydrogens (primary N) is 1. The van der Waals surface area contributed by atoms with Crippen LogP contribution < -0.4 is 5.73 Å². The molecule has 0 saturated carbocycles. The number of amides is 1. The molecule has 0 aliphatic rings. The summed E-state index contributed by atoms with van der Waals surface area (Å²) in [5, 5.41) is 0.